The molecule has 0 bridgehead atoms. The third kappa shape index (κ3) is 3.80. The maximum atomic E-state index is 13.9. The summed E-state index contributed by atoms with van der Waals surface area (Å²) >= 11 is 0. The van der Waals surface area contributed by atoms with E-state index in [0.29, 0.717) is 25.2 Å². The van der Waals surface area contributed by atoms with Crippen LogP contribution in [0.5, 0.6) is 0 Å². The lowest BCUT2D eigenvalue weighted by molar-refractivity contribution is 0.0926. The minimum absolute atomic E-state index is 0.00427. The summed E-state index contributed by atoms with van der Waals surface area (Å²) in [6, 6.07) is 4.19. The summed E-state index contributed by atoms with van der Waals surface area (Å²) in [6.07, 6.45) is 1.09. The third-order valence-corrected chi connectivity index (χ3v) is 2.95. The number of amides is 1. The van der Waals surface area contributed by atoms with E-state index in [-0.39, 0.29) is 18.2 Å². The molecule has 1 heterocycles. The third-order valence-electron chi connectivity index (χ3n) is 2.95. The Hall–Kier alpha value is -1.90. The lowest BCUT2D eigenvalue weighted by Gasteiger charge is -2.11. The molecule has 1 aliphatic heterocycles. The molecule has 2 rings (SSSR count). The molecule has 5 heteroatoms. The number of aliphatic hydroxyl groups excluding tert-OH is 1. The Bertz CT molecular complexity index is 542. The van der Waals surface area contributed by atoms with Crippen LogP contribution in [-0.4, -0.2) is 36.9 Å². The number of hydrogen-bond acceptors (Lipinski definition) is 3. The Labute approximate surface area is 116 Å². The van der Waals surface area contributed by atoms with Crippen LogP contribution in [0.1, 0.15) is 28.8 Å². The molecule has 0 spiro atoms. The van der Waals surface area contributed by atoms with Crippen molar-refractivity contribution in [1.29, 1.82) is 0 Å². The van der Waals surface area contributed by atoms with Gasteiger partial charge in [0, 0.05) is 18.6 Å². The van der Waals surface area contributed by atoms with Crippen LogP contribution in [-0.2, 0) is 4.74 Å². The molecular formula is C15H16FNO3. The summed E-state index contributed by atoms with van der Waals surface area (Å²) in [5.74, 6) is 4.39. The number of ether oxygens (including phenoxy) is 1. The van der Waals surface area contributed by atoms with Crippen molar-refractivity contribution in [2.45, 2.75) is 18.9 Å². The largest absolute Gasteiger partial charge is 0.395 e. The van der Waals surface area contributed by atoms with E-state index in [9.17, 15) is 9.18 Å². The molecule has 1 atom stereocenters. The summed E-state index contributed by atoms with van der Waals surface area (Å²) in [7, 11) is 0. The van der Waals surface area contributed by atoms with Gasteiger partial charge in [-0.1, -0.05) is 11.8 Å². The molecule has 106 valence electrons. The van der Waals surface area contributed by atoms with Gasteiger partial charge in [0.2, 0.25) is 0 Å². The van der Waals surface area contributed by atoms with Gasteiger partial charge in [-0.25, -0.2) is 4.39 Å². The van der Waals surface area contributed by atoms with Crippen molar-refractivity contribution in [2.75, 3.05) is 19.8 Å². The van der Waals surface area contributed by atoms with Crippen LogP contribution < -0.4 is 5.32 Å². The number of rotatable bonds is 3. The lowest BCUT2D eigenvalue weighted by atomic mass is 10.1. The fourth-order valence-corrected chi connectivity index (χ4v) is 1.91. The Morgan fingerprint density at radius 1 is 1.55 bits per heavy atom. The maximum Gasteiger partial charge on any atom is 0.254 e. The summed E-state index contributed by atoms with van der Waals surface area (Å²) in [5, 5.41) is 11.3. The van der Waals surface area contributed by atoms with E-state index in [4.69, 9.17) is 9.84 Å². The lowest BCUT2D eigenvalue weighted by Crippen LogP contribution is -2.35. The van der Waals surface area contributed by atoms with E-state index in [0.717, 1.165) is 6.42 Å². The molecule has 0 radical (unpaired) electrons. The van der Waals surface area contributed by atoms with E-state index < -0.39 is 11.7 Å². The zero-order valence-corrected chi connectivity index (χ0v) is 11.0. The standard InChI is InChI=1S/C15H16FNO3/c16-14-9-11(3-1-2-7-18)4-5-13(14)15(19)17-12-6-8-20-10-12/h4-5,9,12,18H,2,6-8,10H2,(H,17,19). The fourth-order valence-electron chi connectivity index (χ4n) is 1.91. The zero-order valence-electron chi connectivity index (χ0n) is 11.0. The molecule has 1 aliphatic rings. The van der Waals surface area contributed by atoms with Crippen molar-refractivity contribution in [2.24, 2.45) is 0 Å². The topological polar surface area (TPSA) is 58.6 Å². The molecule has 1 aromatic carbocycles. The molecule has 1 saturated heterocycles. The summed E-state index contributed by atoms with van der Waals surface area (Å²) in [4.78, 5) is 11.9. The van der Waals surface area contributed by atoms with E-state index in [2.05, 4.69) is 17.2 Å². The van der Waals surface area contributed by atoms with Gasteiger partial charge in [0.05, 0.1) is 24.8 Å². The van der Waals surface area contributed by atoms with Crippen molar-refractivity contribution < 1.29 is 19.0 Å². The average Bonchev–Trinajstić information content (AvgIpc) is 2.92. The van der Waals surface area contributed by atoms with Crippen LogP contribution in [0.4, 0.5) is 4.39 Å². The number of carbonyl (C=O) groups is 1. The first-order chi connectivity index (χ1) is 9.70. The SMILES string of the molecule is O=C(NC1CCOC1)c1ccc(C#CCCO)cc1F. The first-order valence-corrected chi connectivity index (χ1v) is 6.48. The van der Waals surface area contributed by atoms with Crippen molar-refractivity contribution in [1.82, 2.24) is 5.32 Å². The van der Waals surface area contributed by atoms with E-state index in [1.807, 2.05) is 0 Å². The molecule has 0 saturated carbocycles. The maximum absolute atomic E-state index is 13.9. The van der Waals surface area contributed by atoms with Gasteiger partial charge in [-0.05, 0) is 24.6 Å². The van der Waals surface area contributed by atoms with Crippen LogP contribution in [0.25, 0.3) is 0 Å². The molecule has 1 amide bonds. The van der Waals surface area contributed by atoms with Gasteiger partial charge in [0.1, 0.15) is 5.82 Å². The van der Waals surface area contributed by atoms with Crippen LogP contribution in [0, 0.1) is 17.7 Å². The minimum Gasteiger partial charge on any atom is -0.395 e. The molecular weight excluding hydrogens is 261 g/mol. The smallest absolute Gasteiger partial charge is 0.254 e. The first kappa shape index (κ1) is 14.5. The number of halogens is 1. The van der Waals surface area contributed by atoms with Gasteiger partial charge < -0.3 is 15.2 Å². The van der Waals surface area contributed by atoms with Crippen LogP contribution in [0.2, 0.25) is 0 Å². The van der Waals surface area contributed by atoms with Gasteiger partial charge >= 0.3 is 0 Å². The highest BCUT2D eigenvalue weighted by Crippen LogP contribution is 2.11. The normalized spacial score (nSPS) is 17.4. The molecule has 0 aliphatic carbocycles. The molecule has 1 aromatic rings. The van der Waals surface area contributed by atoms with Gasteiger partial charge in [0.25, 0.3) is 5.91 Å². The van der Waals surface area contributed by atoms with Gasteiger partial charge in [-0.2, -0.15) is 0 Å². The highest BCUT2D eigenvalue weighted by atomic mass is 19.1. The summed E-state index contributed by atoms with van der Waals surface area (Å²) in [6.45, 7) is 1.06. The number of aliphatic hydroxyl groups is 1. The van der Waals surface area contributed by atoms with Crippen molar-refractivity contribution >= 4 is 5.91 Å². The second-order valence-electron chi connectivity index (χ2n) is 4.50. The summed E-state index contributed by atoms with van der Waals surface area (Å²) in [5.41, 5.74) is 0.487. The van der Waals surface area contributed by atoms with Crippen molar-refractivity contribution in [3.8, 4) is 11.8 Å². The van der Waals surface area contributed by atoms with E-state index >= 15 is 0 Å². The number of benzene rings is 1. The molecule has 20 heavy (non-hydrogen) atoms. The average molecular weight is 277 g/mol. The van der Waals surface area contributed by atoms with Crippen molar-refractivity contribution in [3.05, 3.63) is 35.1 Å². The zero-order chi connectivity index (χ0) is 14.4. The first-order valence-electron chi connectivity index (χ1n) is 6.48. The monoisotopic (exact) mass is 277 g/mol. The highest BCUT2D eigenvalue weighted by Gasteiger charge is 2.20. The number of hydrogen-bond donors (Lipinski definition) is 2. The Morgan fingerprint density at radius 3 is 3.05 bits per heavy atom. The molecule has 1 unspecified atom stereocenters. The molecule has 0 aromatic heterocycles. The molecule has 2 N–H and O–H groups in total. The second-order valence-corrected chi connectivity index (χ2v) is 4.50. The van der Waals surface area contributed by atoms with Crippen LogP contribution >= 0.6 is 0 Å². The van der Waals surface area contributed by atoms with Crippen LogP contribution in [0.3, 0.4) is 0 Å². The van der Waals surface area contributed by atoms with Crippen LogP contribution in [0.15, 0.2) is 18.2 Å². The Kier molecular flexibility index (Phi) is 5.10. The Balaban J connectivity index is 2.05. The Morgan fingerprint density at radius 2 is 2.40 bits per heavy atom. The highest BCUT2D eigenvalue weighted by molar-refractivity contribution is 5.94. The van der Waals surface area contributed by atoms with Gasteiger partial charge in [-0.3, -0.25) is 4.79 Å². The summed E-state index contributed by atoms with van der Waals surface area (Å²) < 4.78 is 19.0. The molecule has 4 nitrogen and oxygen atoms in total. The van der Waals surface area contributed by atoms with E-state index in [1.54, 1.807) is 6.07 Å². The van der Waals surface area contributed by atoms with Gasteiger partial charge in [0.15, 0.2) is 0 Å². The quantitative estimate of drug-likeness (QED) is 0.813. The predicted molar refractivity (Wildman–Crippen MR) is 71.7 cm³/mol. The predicted octanol–water partition coefficient (Wildman–Crippen LogP) is 1.08. The number of nitrogens with one attached hydrogen (secondary N) is 1. The van der Waals surface area contributed by atoms with E-state index in [1.165, 1.54) is 12.1 Å². The minimum atomic E-state index is -0.600. The molecule has 1 fully saturated rings. The number of carbonyl (C=O) groups excluding carboxylic acids is 1. The van der Waals surface area contributed by atoms with Gasteiger partial charge in [-0.15, -0.1) is 0 Å². The van der Waals surface area contributed by atoms with Crippen molar-refractivity contribution in [3.63, 3.8) is 0 Å². The second kappa shape index (κ2) is 7.04. The fraction of sp³-hybridized carbons (Fsp3) is 0.400.